The topological polar surface area (TPSA) is 29.1 Å². The molecule has 0 aromatic heterocycles. The first-order valence-electron chi connectivity index (χ1n) is 5.85. The Morgan fingerprint density at radius 2 is 2.06 bits per heavy atom. The van der Waals surface area contributed by atoms with Crippen molar-refractivity contribution < 1.29 is 13.6 Å². The molecular weight excluding hydrogens is 224 g/mol. The average molecular weight is 241 g/mol. The molecule has 1 unspecified atom stereocenters. The van der Waals surface area contributed by atoms with Gasteiger partial charge in [-0.2, -0.15) is 0 Å². The Balaban J connectivity index is 2.79. The summed E-state index contributed by atoms with van der Waals surface area (Å²) in [5, 5.41) is 2.71. The van der Waals surface area contributed by atoms with Crippen LogP contribution in [-0.4, -0.2) is 11.9 Å². The highest BCUT2D eigenvalue weighted by Crippen LogP contribution is 2.12. The molecule has 0 aliphatic carbocycles. The molecule has 1 atom stereocenters. The van der Waals surface area contributed by atoms with Crippen molar-refractivity contribution in [3.05, 3.63) is 35.4 Å². The number of nitrogens with one attached hydrogen (secondary N) is 1. The first kappa shape index (κ1) is 13.6. The third kappa shape index (κ3) is 3.51. The predicted octanol–water partition coefficient (Wildman–Crippen LogP) is 3.27. The lowest BCUT2D eigenvalue weighted by Crippen LogP contribution is -2.34. The minimum absolute atomic E-state index is 0.00941. The van der Waals surface area contributed by atoms with Crippen molar-refractivity contribution in [2.75, 3.05) is 0 Å². The summed E-state index contributed by atoms with van der Waals surface area (Å²) in [6, 6.07) is 3.62. The number of carbonyl (C=O) groups is 1. The van der Waals surface area contributed by atoms with Gasteiger partial charge in [0.05, 0.1) is 5.56 Å². The zero-order valence-corrected chi connectivity index (χ0v) is 10.1. The van der Waals surface area contributed by atoms with Crippen LogP contribution in [0.5, 0.6) is 0 Å². The Bertz CT molecular complexity index is 393. The van der Waals surface area contributed by atoms with Gasteiger partial charge in [0.25, 0.3) is 5.91 Å². The molecule has 0 heterocycles. The van der Waals surface area contributed by atoms with Crippen LogP contribution in [0.1, 0.15) is 43.5 Å². The summed E-state index contributed by atoms with van der Waals surface area (Å²) in [4.78, 5) is 11.7. The molecule has 1 amide bonds. The largest absolute Gasteiger partial charge is 0.349 e. The van der Waals surface area contributed by atoms with Crippen LogP contribution in [-0.2, 0) is 0 Å². The van der Waals surface area contributed by atoms with E-state index < -0.39 is 17.5 Å². The van der Waals surface area contributed by atoms with E-state index in [4.69, 9.17) is 0 Å². The van der Waals surface area contributed by atoms with Crippen LogP contribution in [0, 0.1) is 11.6 Å². The number of rotatable bonds is 5. The highest BCUT2D eigenvalue weighted by atomic mass is 19.2. The number of hydrogen-bond donors (Lipinski definition) is 1. The monoisotopic (exact) mass is 241 g/mol. The third-order valence-corrected chi connectivity index (χ3v) is 2.66. The molecule has 1 aromatic rings. The highest BCUT2D eigenvalue weighted by Gasteiger charge is 2.17. The number of amides is 1. The highest BCUT2D eigenvalue weighted by molar-refractivity contribution is 5.94. The minimum atomic E-state index is -1.09. The summed E-state index contributed by atoms with van der Waals surface area (Å²) in [5.41, 5.74) is -0.237. The molecule has 94 valence electrons. The Kier molecular flexibility index (Phi) is 5.07. The van der Waals surface area contributed by atoms with Gasteiger partial charge < -0.3 is 5.32 Å². The minimum Gasteiger partial charge on any atom is -0.349 e. The zero-order valence-electron chi connectivity index (χ0n) is 10.1. The van der Waals surface area contributed by atoms with Gasteiger partial charge in [-0.25, -0.2) is 8.78 Å². The first-order valence-corrected chi connectivity index (χ1v) is 5.85. The van der Waals surface area contributed by atoms with Crippen LogP contribution in [0.2, 0.25) is 0 Å². The number of carbonyl (C=O) groups excluding carboxylic acids is 1. The van der Waals surface area contributed by atoms with Gasteiger partial charge in [0.1, 0.15) is 0 Å². The van der Waals surface area contributed by atoms with Crippen molar-refractivity contribution in [2.24, 2.45) is 0 Å². The first-order chi connectivity index (χ1) is 8.10. The lowest BCUT2D eigenvalue weighted by Gasteiger charge is -2.16. The molecule has 0 aliphatic rings. The second-order valence-electron chi connectivity index (χ2n) is 3.97. The maximum Gasteiger partial charge on any atom is 0.254 e. The lowest BCUT2D eigenvalue weighted by molar-refractivity contribution is 0.0928. The summed E-state index contributed by atoms with van der Waals surface area (Å²) in [5.74, 6) is -2.64. The average Bonchev–Trinajstić information content (AvgIpc) is 2.31. The predicted molar refractivity (Wildman–Crippen MR) is 62.8 cm³/mol. The van der Waals surface area contributed by atoms with Gasteiger partial charge in [-0.05, 0) is 25.0 Å². The van der Waals surface area contributed by atoms with Crippen LogP contribution >= 0.6 is 0 Å². The molecule has 0 bridgehead atoms. The van der Waals surface area contributed by atoms with Crippen LogP contribution in [0.25, 0.3) is 0 Å². The molecule has 17 heavy (non-hydrogen) atoms. The molecule has 2 nitrogen and oxygen atoms in total. The normalized spacial score (nSPS) is 12.2. The van der Waals surface area contributed by atoms with Gasteiger partial charge in [0, 0.05) is 6.04 Å². The van der Waals surface area contributed by atoms with Crippen LogP contribution in [0.4, 0.5) is 8.78 Å². The van der Waals surface area contributed by atoms with E-state index in [1.807, 2.05) is 13.8 Å². The molecule has 0 saturated carbocycles. The van der Waals surface area contributed by atoms with E-state index in [0.717, 1.165) is 25.3 Å². The maximum absolute atomic E-state index is 13.4. The van der Waals surface area contributed by atoms with Crippen LogP contribution < -0.4 is 5.32 Å². The van der Waals surface area contributed by atoms with Crippen molar-refractivity contribution in [3.8, 4) is 0 Å². The number of halogens is 2. The van der Waals surface area contributed by atoms with Gasteiger partial charge in [-0.15, -0.1) is 0 Å². The fourth-order valence-electron chi connectivity index (χ4n) is 1.67. The molecule has 0 spiro atoms. The Morgan fingerprint density at radius 3 is 2.65 bits per heavy atom. The number of benzene rings is 1. The molecule has 0 aliphatic heterocycles. The molecule has 1 N–H and O–H groups in total. The van der Waals surface area contributed by atoms with Crippen LogP contribution in [0.3, 0.4) is 0 Å². The van der Waals surface area contributed by atoms with Gasteiger partial charge in [-0.3, -0.25) is 4.79 Å². The molecular formula is C13H17F2NO. The quantitative estimate of drug-likeness (QED) is 0.842. The molecule has 0 saturated heterocycles. The Labute approximate surface area is 100 Å². The van der Waals surface area contributed by atoms with E-state index >= 15 is 0 Å². The van der Waals surface area contributed by atoms with Gasteiger partial charge in [-0.1, -0.05) is 26.3 Å². The summed E-state index contributed by atoms with van der Waals surface area (Å²) in [6.45, 7) is 3.96. The van der Waals surface area contributed by atoms with Gasteiger partial charge in [0.15, 0.2) is 11.6 Å². The molecule has 1 aromatic carbocycles. The second kappa shape index (κ2) is 6.33. The molecule has 0 radical (unpaired) electrons. The number of hydrogen-bond acceptors (Lipinski definition) is 1. The van der Waals surface area contributed by atoms with Crippen molar-refractivity contribution in [1.29, 1.82) is 0 Å². The van der Waals surface area contributed by atoms with Crippen LogP contribution in [0.15, 0.2) is 18.2 Å². The van der Waals surface area contributed by atoms with Crippen molar-refractivity contribution in [3.63, 3.8) is 0 Å². The Morgan fingerprint density at radius 1 is 1.35 bits per heavy atom. The standard InChI is InChI=1S/C13H17F2NO/c1-3-6-9(4-2)16-13(17)10-7-5-8-11(14)12(10)15/h5,7-9H,3-4,6H2,1-2H3,(H,16,17). The summed E-state index contributed by atoms with van der Waals surface area (Å²) in [6.07, 6.45) is 2.54. The molecule has 0 fully saturated rings. The fraction of sp³-hybridized carbons (Fsp3) is 0.462. The van der Waals surface area contributed by atoms with Crippen molar-refractivity contribution in [1.82, 2.24) is 5.32 Å². The fourth-order valence-corrected chi connectivity index (χ4v) is 1.67. The summed E-state index contributed by atoms with van der Waals surface area (Å²) in [7, 11) is 0. The van der Waals surface area contributed by atoms with E-state index in [-0.39, 0.29) is 11.6 Å². The van der Waals surface area contributed by atoms with E-state index in [0.29, 0.717) is 0 Å². The third-order valence-electron chi connectivity index (χ3n) is 2.66. The smallest absolute Gasteiger partial charge is 0.254 e. The van der Waals surface area contributed by atoms with E-state index in [2.05, 4.69) is 5.32 Å². The van der Waals surface area contributed by atoms with Gasteiger partial charge >= 0.3 is 0 Å². The molecule has 1 rings (SSSR count). The second-order valence-corrected chi connectivity index (χ2v) is 3.97. The van der Waals surface area contributed by atoms with Crippen molar-refractivity contribution in [2.45, 2.75) is 39.2 Å². The Hall–Kier alpha value is -1.45. The van der Waals surface area contributed by atoms with E-state index in [9.17, 15) is 13.6 Å². The molecule has 4 heteroatoms. The maximum atomic E-state index is 13.4. The lowest BCUT2D eigenvalue weighted by atomic mass is 10.1. The SMILES string of the molecule is CCCC(CC)NC(=O)c1cccc(F)c1F. The summed E-state index contributed by atoms with van der Waals surface area (Å²) < 4.78 is 26.3. The van der Waals surface area contributed by atoms with E-state index in [1.165, 1.54) is 12.1 Å². The van der Waals surface area contributed by atoms with Gasteiger partial charge in [0.2, 0.25) is 0 Å². The zero-order chi connectivity index (χ0) is 12.8. The summed E-state index contributed by atoms with van der Waals surface area (Å²) >= 11 is 0. The van der Waals surface area contributed by atoms with Crippen molar-refractivity contribution >= 4 is 5.91 Å². The van der Waals surface area contributed by atoms with E-state index in [1.54, 1.807) is 0 Å².